The van der Waals surface area contributed by atoms with Crippen molar-refractivity contribution < 1.29 is 17.9 Å². The normalized spacial score (nSPS) is 14.2. The fourth-order valence-electron chi connectivity index (χ4n) is 3.61. The summed E-state index contributed by atoms with van der Waals surface area (Å²) in [4.78, 5) is 2.23. The van der Waals surface area contributed by atoms with Crippen LogP contribution in [0.15, 0.2) is 61.3 Å². The molecule has 0 saturated carbocycles. The fourth-order valence-corrected chi connectivity index (χ4v) is 3.61. The van der Waals surface area contributed by atoms with E-state index in [2.05, 4.69) is 38.5 Å². The van der Waals surface area contributed by atoms with Crippen molar-refractivity contribution in [2.75, 3.05) is 6.54 Å². The molecule has 0 aliphatic carbocycles. The average molecular weight is 399 g/mol. The summed E-state index contributed by atoms with van der Waals surface area (Å²) in [6.07, 6.45) is -0.994. The first-order chi connectivity index (χ1) is 13.9. The molecule has 4 rings (SSSR count). The van der Waals surface area contributed by atoms with Crippen molar-refractivity contribution in [2.24, 2.45) is 0 Å². The van der Waals surface area contributed by atoms with Gasteiger partial charge in [-0.2, -0.15) is 5.10 Å². The number of benzene rings is 2. The lowest BCUT2D eigenvalue weighted by Crippen LogP contribution is -2.21. The first-order valence-electron chi connectivity index (χ1n) is 9.31. The van der Waals surface area contributed by atoms with E-state index in [0.717, 1.165) is 48.4 Å². The molecule has 2 aromatic carbocycles. The Balaban J connectivity index is 1.57. The van der Waals surface area contributed by atoms with Crippen molar-refractivity contribution in [3.05, 3.63) is 78.1 Å². The number of H-pyrrole nitrogens is 1. The Bertz CT molecular complexity index is 995. The summed E-state index contributed by atoms with van der Waals surface area (Å²) >= 11 is 0. The summed E-state index contributed by atoms with van der Waals surface area (Å²) in [6.45, 7) is 5.82. The van der Waals surface area contributed by atoms with Crippen LogP contribution in [-0.2, 0) is 13.0 Å². The SMILES string of the molecule is C=C(c1ccn[nH]1)N1CCCc2ccc(-c3ccc(OC(F)(F)F)cc3)cc2C1. The summed E-state index contributed by atoms with van der Waals surface area (Å²) in [6, 6.07) is 14.1. The van der Waals surface area contributed by atoms with Crippen LogP contribution in [0.3, 0.4) is 0 Å². The van der Waals surface area contributed by atoms with Crippen LogP contribution in [0.4, 0.5) is 13.2 Å². The highest BCUT2D eigenvalue weighted by Crippen LogP contribution is 2.30. The van der Waals surface area contributed by atoms with Crippen molar-refractivity contribution in [1.29, 1.82) is 0 Å². The van der Waals surface area contributed by atoms with Gasteiger partial charge in [0.15, 0.2) is 0 Å². The van der Waals surface area contributed by atoms with Crippen molar-refractivity contribution in [1.82, 2.24) is 15.1 Å². The minimum atomic E-state index is -4.69. The van der Waals surface area contributed by atoms with Crippen LogP contribution in [0, 0.1) is 0 Å². The van der Waals surface area contributed by atoms with E-state index in [1.165, 1.54) is 23.3 Å². The van der Waals surface area contributed by atoms with Gasteiger partial charge in [0.25, 0.3) is 0 Å². The Morgan fingerprint density at radius 1 is 1.03 bits per heavy atom. The largest absolute Gasteiger partial charge is 0.573 e. The van der Waals surface area contributed by atoms with E-state index >= 15 is 0 Å². The molecule has 4 nitrogen and oxygen atoms in total. The molecular weight excluding hydrogens is 379 g/mol. The maximum atomic E-state index is 12.4. The van der Waals surface area contributed by atoms with Crippen LogP contribution >= 0.6 is 0 Å². The van der Waals surface area contributed by atoms with Crippen LogP contribution in [0.25, 0.3) is 16.8 Å². The maximum absolute atomic E-state index is 12.4. The average Bonchev–Trinajstić information content (AvgIpc) is 3.13. The maximum Gasteiger partial charge on any atom is 0.573 e. The third-order valence-electron chi connectivity index (χ3n) is 5.06. The smallest absolute Gasteiger partial charge is 0.406 e. The molecule has 1 N–H and O–H groups in total. The third kappa shape index (κ3) is 4.45. The molecule has 0 bridgehead atoms. The molecule has 0 unspecified atom stereocenters. The number of halogens is 3. The number of aryl methyl sites for hydroxylation is 1. The lowest BCUT2D eigenvalue weighted by Gasteiger charge is -2.24. The van der Waals surface area contributed by atoms with E-state index in [4.69, 9.17) is 0 Å². The van der Waals surface area contributed by atoms with Gasteiger partial charge in [0.1, 0.15) is 5.75 Å². The van der Waals surface area contributed by atoms with Crippen LogP contribution in [0.2, 0.25) is 0 Å². The highest BCUT2D eigenvalue weighted by atomic mass is 19.4. The zero-order valence-corrected chi connectivity index (χ0v) is 15.7. The number of hydrogen-bond donors (Lipinski definition) is 1. The summed E-state index contributed by atoms with van der Waals surface area (Å²) in [5, 5.41) is 6.95. The Morgan fingerprint density at radius 3 is 2.48 bits per heavy atom. The quantitative estimate of drug-likeness (QED) is 0.639. The summed E-state index contributed by atoms with van der Waals surface area (Å²) in [5.74, 6) is -0.224. The number of ether oxygens (including phenoxy) is 1. The van der Waals surface area contributed by atoms with Crippen LogP contribution in [-0.4, -0.2) is 28.0 Å². The zero-order valence-electron chi connectivity index (χ0n) is 15.7. The van der Waals surface area contributed by atoms with E-state index in [0.29, 0.717) is 0 Å². The molecule has 0 atom stereocenters. The summed E-state index contributed by atoms with van der Waals surface area (Å²) in [5.41, 5.74) is 6.06. The van der Waals surface area contributed by atoms with E-state index in [1.807, 2.05) is 12.1 Å². The Labute approximate surface area is 166 Å². The molecule has 150 valence electrons. The molecule has 3 aromatic rings. The van der Waals surface area contributed by atoms with Crippen LogP contribution in [0.5, 0.6) is 5.75 Å². The molecule has 1 aliphatic rings. The number of aromatic nitrogens is 2. The van der Waals surface area contributed by atoms with Gasteiger partial charge in [-0.3, -0.25) is 5.10 Å². The van der Waals surface area contributed by atoms with Gasteiger partial charge in [-0.25, -0.2) is 0 Å². The van der Waals surface area contributed by atoms with Gasteiger partial charge in [-0.05, 0) is 59.4 Å². The minimum absolute atomic E-state index is 0.224. The first kappa shape index (κ1) is 19.1. The van der Waals surface area contributed by atoms with Gasteiger partial charge in [-0.1, -0.05) is 30.8 Å². The molecule has 0 spiro atoms. The van der Waals surface area contributed by atoms with Crippen LogP contribution < -0.4 is 4.74 Å². The lowest BCUT2D eigenvalue weighted by molar-refractivity contribution is -0.274. The fraction of sp³-hybridized carbons (Fsp3) is 0.227. The second-order valence-corrected chi connectivity index (χ2v) is 7.00. The van der Waals surface area contributed by atoms with Gasteiger partial charge < -0.3 is 9.64 Å². The Morgan fingerprint density at radius 2 is 1.79 bits per heavy atom. The van der Waals surface area contributed by atoms with E-state index in [9.17, 15) is 13.2 Å². The second-order valence-electron chi connectivity index (χ2n) is 7.00. The molecule has 2 heterocycles. The van der Waals surface area contributed by atoms with Crippen molar-refractivity contribution in [2.45, 2.75) is 25.7 Å². The van der Waals surface area contributed by atoms with Crippen LogP contribution in [0.1, 0.15) is 23.2 Å². The number of fused-ring (bicyclic) bond motifs is 1. The van der Waals surface area contributed by atoms with Gasteiger partial charge in [-0.15, -0.1) is 13.2 Å². The van der Waals surface area contributed by atoms with E-state index in [-0.39, 0.29) is 5.75 Å². The number of nitrogens with one attached hydrogen (secondary N) is 1. The number of alkyl halides is 3. The molecule has 0 saturated heterocycles. The monoisotopic (exact) mass is 399 g/mol. The lowest BCUT2D eigenvalue weighted by atomic mass is 9.97. The van der Waals surface area contributed by atoms with E-state index < -0.39 is 6.36 Å². The summed E-state index contributed by atoms with van der Waals surface area (Å²) in [7, 11) is 0. The standard InChI is InChI=1S/C22H20F3N3O/c1-15(21-10-11-26-27-21)28-12-2-3-16-4-5-18(13-19(16)14-28)17-6-8-20(9-7-17)29-22(23,24)25/h4-11,13H,1-3,12,14H2,(H,26,27). The number of rotatable bonds is 4. The first-order valence-corrected chi connectivity index (χ1v) is 9.31. The molecule has 1 aromatic heterocycles. The Hall–Kier alpha value is -3.22. The predicted molar refractivity (Wildman–Crippen MR) is 105 cm³/mol. The van der Waals surface area contributed by atoms with Gasteiger partial charge >= 0.3 is 6.36 Å². The summed E-state index contributed by atoms with van der Waals surface area (Å²) < 4.78 is 41.0. The molecular formula is C22H20F3N3O. The second kappa shape index (κ2) is 7.66. The topological polar surface area (TPSA) is 41.2 Å². The van der Waals surface area contributed by atoms with Crippen molar-refractivity contribution in [3.8, 4) is 16.9 Å². The van der Waals surface area contributed by atoms with E-state index in [1.54, 1.807) is 18.3 Å². The highest BCUT2D eigenvalue weighted by molar-refractivity contribution is 5.66. The van der Waals surface area contributed by atoms with Crippen molar-refractivity contribution >= 4 is 5.70 Å². The number of aromatic amines is 1. The molecule has 0 radical (unpaired) electrons. The number of hydrogen-bond acceptors (Lipinski definition) is 3. The number of nitrogens with zero attached hydrogens (tertiary/aromatic N) is 2. The molecule has 0 amide bonds. The molecule has 29 heavy (non-hydrogen) atoms. The predicted octanol–water partition coefficient (Wildman–Crippen LogP) is 5.39. The van der Waals surface area contributed by atoms with Gasteiger partial charge in [0, 0.05) is 19.3 Å². The third-order valence-corrected chi connectivity index (χ3v) is 5.06. The van der Waals surface area contributed by atoms with Gasteiger partial charge in [0.05, 0.1) is 11.4 Å². The zero-order chi connectivity index (χ0) is 20.4. The molecule has 1 aliphatic heterocycles. The van der Waals surface area contributed by atoms with Gasteiger partial charge in [0.2, 0.25) is 0 Å². The van der Waals surface area contributed by atoms with Crippen molar-refractivity contribution in [3.63, 3.8) is 0 Å². The highest BCUT2D eigenvalue weighted by Gasteiger charge is 2.31. The minimum Gasteiger partial charge on any atom is -0.406 e. The molecule has 0 fully saturated rings. The molecule has 7 heteroatoms. The Kier molecular flexibility index (Phi) is 5.05.